The highest BCUT2D eigenvalue weighted by molar-refractivity contribution is 6.30. The van der Waals surface area contributed by atoms with Crippen LogP contribution in [0.4, 0.5) is 0 Å². The van der Waals surface area contributed by atoms with Crippen molar-refractivity contribution < 1.29 is 19.5 Å². The van der Waals surface area contributed by atoms with Crippen LogP contribution in [-0.4, -0.2) is 29.4 Å². The first-order valence-electron chi connectivity index (χ1n) is 8.11. The van der Waals surface area contributed by atoms with Gasteiger partial charge in [0.05, 0.1) is 0 Å². The molecule has 0 heterocycles. The fraction of sp³-hybridized carbons (Fsp3) is 0.500. The van der Waals surface area contributed by atoms with Gasteiger partial charge in [-0.1, -0.05) is 51.4 Å². The topological polar surface area (TPSA) is 95.5 Å². The maximum absolute atomic E-state index is 12.2. The Morgan fingerprint density at radius 1 is 1.12 bits per heavy atom. The van der Waals surface area contributed by atoms with Crippen LogP contribution in [0.5, 0.6) is 0 Å². The summed E-state index contributed by atoms with van der Waals surface area (Å²) in [6, 6.07) is 6.34. The monoisotopic (exact) mass is 368 g/mol. The lowest BCUT2D eigenvalue weighted by Crippen LogP contribution is -2.52. The molecule has 0 aliphatic heterocycles. The Morgan fingerprint density at radius 3 is 2.12 bits per heavy atom. The largest absolute Gasteiger partial charge is 0.479 e. The van der Waals surface area contributed by atoms with Crippen molar-refractivity contribution in [1.82, 2.24) is 10.6 Å². The smallest absolute Gasteiger partial charge is 0.334 e. The molecule has 1 atom stereocenters. The van der Waals surface area contributed by atoms with Gasteiger partial charge in [-0.25, -0.2) is 4.79 Å². The molecule has 2 amide bonds. The van der Waals surface area contributed by atoms with Crippen molar-refractivity contribution in [3.8, 4) is 0 Å². The van der Waals surface area contributed by atoms with E-state index in [1.807, 2.05) is 0 Å². The molecule has 1 rings (SSSR count). The number of halogens is 1. The molecule has 7 heteroatoms. The van der Waals surface area contributed by atoms with Gasteiger partial charge >= 0.3 is 5.97 Å². The summed E-state index contributed by atoms with van der Waals surface area (Å²) in [6.07, 6.45) is 0.161. The van der Waals surface area contributed by atoms with Crippen LogP contribution in [0.2, 0.25) is 5.02 Å². The third-order valence-electron chi connectivity index (χ3n) is 3.90. The van der Waals surface area contributed by atoms with Crippen LogP contribution in [0.3, 0.4) is 0 Å². The van der Waals surface area contributed by atoms with Crippen molar-refractivity contribution in [3.05, 3.63) is 34.9 Å². The highest BCUT2D eigenvalue weighted by Gasteiger charge is 2.40. The van der Waals surface area contributed by atoms with Gasteiger partial charge in [-0.05, 0) is 24.1 Å². The molecule has 25 heavy (non-hydrogen) atoms. The van der Waals surface area contributed by atoms with Crippen molar-refractivity contribution >= 4 is 29.4 Å². The number of benzene rings is 1. The van der Waals surface area contributed by atoms with Gasteiger partial charge in [0.2, 0.25) is 11.8 Å². The Morgan fingerprint density at radius 2 is 1.68 bits per heavy atom. The number of carboxylic acid groups (broad SMARTS) is 1. The van der Waals surface area contributed by atoms with Crippen molar-refractivity contribution in [2.24, 2.45) is 5.41 Å². The van der Waals surface area contributed by atoms with Crippen molar-refractivity contribution in [1.29, 1.82) is 0 Å². The van der Waals surface area contributed by atoms with Crippen molar-refractivity contribution in [2.75, 3.05) is 6.54 Å². The maximum Gasteiger partial charge on any atom is 0.334 e. The van der Waals surface area contributed by atoms with Crippen LogP contribution < -0.4 is 10.6 Å². The number of aliphatic carboxylic acids is 1. The van der Waals surface area contributed by atoms with Gasteiger partial charge < -0.3 is 15.7 Å². The Labute approximate surface area is 152 Å². The molecule has 6 nitrogen and oxygen atoms in total. The number of hydrogen-bond donors (Lipinski definition) is 3. The van der Waals surface area contributed by atoms with E-state index >= 15 is 0 Å². The molecule has 0 aliphatic rings. The zero-order valence-corrected chi connectivity index (χ0v) is 15.7. The standard InChI is InChI=1S/C18H25ClN2O4/c1-5-18(16(24)25,12-6-8-13(19)9-7-12)21-14(22)10-11-20-15(23)17(2,3)4/h6-9H,5,10-11H2,1-4H3,(H,20,23)(H,21,22)(H,24,25). The first-order valence-corrected chi connectivity index (χ1v) is 8.49. The van der Waals surface area contributed by atoms with Crippen LogP contribution in [0, 0.1) is 5.41 Å². The molecule has 3 N–H and O–H groups in total. The van der Waals surface area contributed by atoms with Crippen LogP contribution in [0.15, 0.2) is 24.3 Å². The van der Waals surface area contributed by atoms with Gasteiger partial charge in [0, 0.05) is 23.4 Å². The molecular formula is C18H25ClN2O4. The third kappa shape index (κ3) is 5.46. The summed E-state index contributed by atoms with van der Waals surface area (Å²) in [5.41, 5.74) is -1.64. The molecule has 1 unspecified atom stereocenters. The second kappa shape index (κ2) is 8.34. The molecule has 0 aliphatic carbocycles. The third-order valence-corrected chi connectivity index (χ3v) is 4.16. The lowest BCUT2D eigenvalue weighted by Gasteiger charge is -2.30. The van der Waals surface area contributed by atoms with Crippen LogP contribution >= 0.6 is 11.6 Å². The molecule has 0 saturated heterocycles. The van der Waals surface area contributed by atoms with E-state index in [0.717, 1.165) is 0 Å². The number of carbonyl (C=O) groups excluding carboxylic acids is 2. The van der Waals surface area contributed by atoms with Crippen LogP contribution in [-0.2, 0) is 19.9 Å². The lowest BCUT2D eigenvalue weighted by molar-refractivity contribution is -0.148. The Bertz CT molecular complexity index is 637. The molecule has 138 valence electrons. The predicted octanol–water partition coefficient (Wildman–Crippen LogP) is 2.70. The molecule has 0 fully saturated rings. The van der Waals surface area contributed by atoms with Crippen LogP contribution in [0.25, 0.3) is 0 Å². The Hall–Kier alpha value is -2.08. The average molecular weight is 369 g/mol. The number of carbonyl (C=O) groups is 3. The molecule has 1 aromatic carbocycles. The molecule has 0 radical (unpaired) electrons. The normalized spacial score (nSPS) is 13.6. The molecule has 1 aromatic rings. The highest BCUT2D eigenvalue weighted by atomic mass is 35.5. The quantitative estimate of drug-likeness (QED) is 0.689. The summed E-state index contributed by atoms with van der Waals surface area (Å²) in [5, 5.41) is 15.4. The van der Waals surface area contributed by atoms with Gasteiger partial charge in [-0.2, -0.15) is 0 Å². The molecular weight excluding hydrogens is 344 g/mol. The number of rotatable bonds is 7. The first-order chi connectivity index (χ1) is 11.5. The summed E-state index contributed by atoms with van der Waals surface area (Å²) in [6.45, 7) is 7.15. The van der Waals surface area contributed by atoms with E-state index in [0.29, 0.717) is 10.6 Å². The second-order valence-electron chi connectivity index (χ2n) is 6.88. The van der Waals surface area contributed by atoms with E-state index in [1.165, 1.54) is 0 Å². The lowest BCUT2D eigenvalue weighted by atomic mass is 9.87. The zero-order valence-electron chi connectivity index (χ0n) is 15.0. The zero-order chi connectivity index (χ0) is 19.3. The number of carboxylic acids is 1. The number of amides is 2. The van der Waals surface area contributed by atoms with E-state index in [4.69, 9.17) is 11.6 Å². The molecule has 0 bridgehead atoms. The molecule has 0 saturated carbocycles. The van der Waals surface area contributed by atoms with E-state index in [9.17, 15) is 19.5 Å². The summed E-state index contributed by atoms with van der Waals surface area (Å²) in [5.74, 6) is -1.77. The molecule has 0 aromatic heterocycles. The fourth-order valence-corrected chi connectivity index (χ4v) is 2.41. The minimum atomic E-state index is -1.53. The summed E-state index contributed by atoms with van der Waals surface area (Å²) >= 11 is 5.85. The SMILES string of the molecule is CCC(NC(=O)CCNC(=O)C(C)(C)C)(C(=O)O)c1ccc(Cl)cc1. The van der Waals surface area contributed by atoms with E-state index in [-0.39, 0.29) is 25.3 Å². The van der Waals surface area contributed by atoms with Crippen molar-refractivity contribution in [2.45, 2.75) is 46.1 Å². The highest BCUT2D eigenvalue weighted by Crippen LogP contribution is 2.27. The van der Waals surface area contributed by atoms with Gasteiger partial charge in [-0.3, -0.25) is 9.59 Å². The van der Waals surface area contributed by atoms with Gasteiger partial charge in [0.1, 0.15) is 0 Å². The van der Waals surface area contributed by atoms with Gasteiger partial charge in [0.25, 0.3) is 0 Å². The number of nitrogens with one attached hydrogen (secondary N) is 2. The average Bonchev–Trinajstić information content (AvgIpc) is 2.52. The predicted molar refractivity (Wildman–Crippen MR) is 96.3 cm³/mol. The second-order valence-corrected chi connectivity index (χ2v) is 7.31. The maximum atomic E-state index is 12.2. The van der Waals surface area contributed by atoms with E-state index in [1.54, 1.807) is 52.0 Å². The first kappa shape index (κ1) is 21.0. The fourth-order valence-electron chi connectivity index (χ4n) is 2.28. The van der Waals surface area contributed by atoms with Crippen LogP contribution in [0.1, 0.15) is 46.1 Å². The van der Waals surface area contributed by atoms with Crippen molar-refractivity contribution in [3.63, 3.8) is 0 Å². The Kier molecular flexibility index (Phi) is 6.99. The molecule has 0 spiro atoms. The van der Waals surface area contributed by atoms with E-state index in [2.05, 4.69) is 10.6 Å². The van der Waals surface area contributed by atoms with Gasteiger partial charge in [0.15, 0.2) is 5.54 Å². The number of hydrogen-bond acceptors (Lipinski definition) is 3. The summed E-state index contributed by atoms with van der Waals surface area (Å²) in [7, 11) is 0. The summed E-state index contributed by atoms with van der Waals surface area (Å²) < 4.78 is 0. The Balaban J connectivity index is 2.82. The minimum absolute atomic E-state index is 0.00948. The van der Waals surface area contributed by atoms with E-state index < -0.39 is 22.8 Å². The minimum Gasteiger partial charge on any atom is -0.479 e. The summed E-state index contributed by atoms with van der Waals surface area (Å²) in [4.78, 5) is 35.9. The van der Waals surface area contributed by atoms with Gasteiger partial charge in [-0.15, -0.1) is 0 Å².